The molecule has 0 unspecified atom stereocenters. The van der Waals surface area contributed by atoms with Crippen LogP contribution in [0.2, 0.25) is 5.02 Å². The predicted molar refractivity (Wildman–Crippen MR) is 75.3 cm³/mol. The fourth-order valence-electron chi connectivity index (χ4n) is 1.55. The van der Waals surface area contributed by atoms with Gasteiger partial charge in [-0.05, 0) is 24.3 Å². The Hall–Kier alpha value is -1.46. The van der Waals surface area contributed by atoms with Crippen molar-refractivity contribution < 1.29 is 18.3 Å². The number of ketones is 1. The van der Waals surface area contributed by atoms with Crippen LogP contribution in [-0.4, -0.2) is 12.4 Å². The molecule has 0 atom stereocenters. The van der Waals surface area contributed by atoms with Crippen LogP contribution in [0.25, 0.3) is 0 Å². The van der Waals surface area contributed by atoms with Crippen molar-refractivity contribution in [1.29, 1.82) is 0 Å². The summed E-state index contributed by atoms with van der Waals surface area (Å²) < 4.78 is 31.9. The van der Waals surface area contributed by atoms with E-state index in [1.54, 1.807) is 18.2 Å². The van der Waals surface area contributed by atoms with Crippen LogP contribution in [-0.2, 0) is 0 Å². The van der Waals surface area contributed by atoms with E-state index in [2.05, 4.69) is 15.9 Å². The van der Waals surface area contributed by atoms with Crippen LogP contribution < -0.4 is 4.74 Å². The maximum absolute atomic E-state index is 13.5. The van der Waals surface area contributed by atoms with Crippen LogP contribution >= 0.6 is 27.5 Å². The van der Waals surface area contributed by atoms with Gasteiger partial charge in [0.25, 0.3) is 0 Å². The van der Waals surface area contributed by atoms with Gasteiger partial charge in [0.15, 0.2) is 18.2 Å². The van der Waals surface area contributed by atoms with Crippen LogP contribution in [0.1, 0.15) is 10.4 Å². The van der Waals surface area contributed by atoms with Gasteiger partial charge in [-0.1, -0.05) is 39.7 Å². The molecule has 0 aromatic heterocycles. The number of carbonyl (C=O) groups excluding carboxylic acids is 1. The Bertz CT molecular complexity index is 662. The van der Waals surface area contributed by atoms with Crippen molar-refractivity contribution in [2.24, 2.45) is 0 Å². The third-order valence-corrected chi connectivity index (χ3v) is 3.28. The Kier molecular flexibility index (Phi) is 4.73. The number of benzene rings is 2. The molecule has 20 heavy (non-hydrogen) atoms. The number of hydrogen-bond acceptors (Lipinski definition) is 2. The topological polar surface area (TPSA) is 26.3 Å². The van der Waals surface area contributed by atoms with Crippen molar-refractivity contribution in [3.05, 3.63) is 63.1 Å². The molecule has 2 aromatic carbocycles. The molecule has 0 bridgehead atoms. The smallest absolute Gasteiger partial charge is 0.201 e. The lowest BCUT2D eigenvalue weighted by Crippen LogP contribution is -2.13. The van der Waals surface area contributed by atoms with Gasteiger partial charge in [-0.25, -0.2) is 4.39 Å². The van der Waals surface area contributed by atoms with E-state index < -0.39 is 24.0 Å². The molecule has 6 heteroatoms. The van der Waals surface area contributed by atoms with E-state index in [0.717, 1.165) is 6.07 Å². The Morgan fingerprint density at radius 2 is 1.95 bits per heavy atom. The maximum atomic E-state index is 13.5. The third kappa shape index (κ3) is 3.35. The van der Waals surface area contributed by atoms with Gasteiger partial charge in [-0.15, -0.1) is 0 Å². The van der Waals surface area contributed by atoms with E-state index in [0.29, 0.717) is 4.47 Å². The molecular formula is C14H8BrClF2O2. The van der Waals surface area contributed by atoms with Gasteiger partial charge in [0.1, 0.15) is 0 Å². The summed E-state index contributed by atoms with van der Waals surface area (Å²) in [7, 11) is 0. The van der Waals surface area contributed by atoms with E-state index in [1.165, 1.54) is 12.1 Å². The highest BCUT2D eigenvalue weighted by molar-refractivity contribution is 9.10. The van der Waals surface area contributed by atoms with Gasteiger partial charge in [0.05, 0.1) is 5.02 Å². The zero-order chi connectivity index (χ0) is 14.7. The minimum Gasteiger partial charge on any atom is -0.482 e. The molecule has 0 saturated carbocycles. The summed E-state index contributed by atoms with van der Waals surface area (Å²) in [6, 6.07) is 8.65. The summed E-state index contributed by atoms with van der Waals surface area (Å²) in [5.74, 6) is -2.95. The number of hydrogen-bond donors (Lipinski definition) is 0. The summed E-state index contributed by atoms with van der Waals surface area (Å²) in [5.41, 5.74) is 0.269. The average Bonchev–Trinajstić information content (AvgIpc) is 2.41. The second-order valence-electron chi connectivity index (χ2n) is 3.89. The number of ether oxygens (including phenoxy) is 1. The summed E-state index contributed by atoms with van der Waals surface area (Å²) in [6.45, 7) is -0.434. The summed E-state index contributed by atoms with van der Waals surface area (Å²) in [4.78, 5) is 11.9. The first-order chi connectivity index (χ1) is 9.49. The second kappa shape index (κ2) is 6.33. The van der Waals surface area contributed by atoms with Gasteiger partial charge in [0, 0.05) is 10.0 Å². The lowest BCUT2D eigenvalue weighted by atomic mass is 10.1. The molecule has 0 radical (unpaired) electrons. The van der Waals surface area contributed by atoms with Crippen LogP contribution in [0.15, 0.2) is 40.9 Å². The molecule has 0 aliphatic carbocycles. The van der Waals surface area contributed by atoms with E-state index in [4.69, 9.17) is 16.3 Å². The van der Waals surface area contributed by atoms with Gasteiger partial charge in [-0.3, -0.25) is 4.79 Å². The quantitative estimate of drug-likeness (QED) is 0.586. The van der Waals surface area contributed by atoms with Crippen molar-refractivity contribution in [2.45, 2.75) is 0 Å². The van der Waals surface area contributed by atoms with Gasteiger partial charge < -0.3 is 4.74 Å². The zero-order valence-corrected chi connectivity index (χ0v) is 12.3. The molecule has 0 spiro atoms. The molecule has 0 saturated heterocycles. The molecule has 2 rings (SSSR count). The first kappa shape index (κ1) is 14.9. The van der Waals surface area contributed by atoms with Gasteiger partial charge >= 0.3 is 0 Å². The molecule has 0 aliphatic rings. The van der Waals surface area contributed by atoms with Crippen molar-refractivity contribution in [1.82, 2.24) is 0 Å². The standard InChI is InChI=1S/C14H8BrClF2O2/c15-8-5-11(17)14(18)13(6-8)20-7-12(19)9-3-1-2-4-10(9)16/h1-6H,7H2. The number of rotatable bonds is 4. The first-order valence-corrected chi connectivity index (χ1v) is 6.71. The van der Waals surface area contributed by atoms with Crippen LogP contribution in [0.5, 0.6) is 5.75 Å². The molecule has 0 amide bonds. The summed E-state index contributed by atoms with van der Waals surface area (Å²) >= 11 is 8.88. The lowest BCUT2D eigenvalue weighted by Gasteiger charge is -2.08. The monoisotopic (exact) mass is 360 g/mol. The molecule has 104 valence electrons. The Balaban J connectivity index is 2.14. The molecule has 0 aliphatic heterocycles. The Morgan fingerprint density at radius 3 is 2.65 bits per heavy atom. The second-order valence-corrected chi connectivity index (χ2v) is 5.21. The van der Waals surface area contributed by atoms with Crippen LogP contribution in [0, 0.1) is 11.6 Å². The minimum absolute atomic E-state index is 0.269. The highest BCUT2D eigenvalue weighted by Gasteiger charge is 2.15. The zero-order valence-electron chi connectivity index (χ0n) is 10.00. The number of carbonyl (C=O) groups is 1. The largest absolute Gasteiger partial charge is 0.482 e. The molecular weight excluding hydrogens is 354 g/mol. The van der Waals surface area contributed by atoms with Crippen LogP contribution in [0.4, 0.5) is 8.78 Å². The third-order valence-electron chi connectivity index (χ3n) is 2.49. The van der Waals surface area contributed by atoms with E-state index in [9.17, 15) is 13.6 Å². The molecule has 0 heterocycles. The Labute approximate surface area is 127 Å². The highest BCUT2D eigenvalue weighted by Crippen LogP contribution is 2.25. The maximum Gasteiger partial charge on any atom is 0.201 e. The van der Waals surface area contributed by atoms with E-state index >= 15 is 0 Å². The van der Waals surface area contributed by atoms with E-state index in [1.807, 2.05) is 0 Å². The fourth-order valence-corrected chi connectivity index (χ4v) is 2.20. The van der Waals surface area contributed by atoms with Gasteiger partial charge in [0.2, 0.25) is 11.6 Å². The number of Topliss-reactive ketones (excluding diaryl/α,β-unsaturated/α-hetero) is 1. The normalized spacial score (nSPS) is 10.4. The van der Waals surface area contributed by atoms with Gasteiger partial charge in [-0.2, -0.15) is 4.39 Å². The SMILES string of the molecule is O=C(COc1cc(Br)cc(F)c1F)c1ccccc1Cl. The average molecular weight is 362 g/mol. The molecule has 2 aromatic rings. The van der Waals surface area contributed by atoms with Crippen LogP contribution in [0.3, 0.4) is 0 Å². The molecule has 2 nitrogen and oxygen atoms in total. The number of halogens is 4. The minimum atomic E-state index is -1.14. The first-order valence-electron chi connectivity index (χ1n) is 5.54. The highest BCUT2D eigenvalue weighted by atomic mass is 79.9. The van der Waals surface area contributed by atoms with Crippen molar-refractivity contribution in [3.63, 3.8) is 0 Å². The van der Waals surface area contributed by atoms with Crippen molar-refractivity contribution >= 4 is 33.3 Å². The lowest BCUT2D eigenvalue weighted by molar-refractivity contribution is 0.0918. The molecule has 0 fully saturated rings. The summed E-state index contributed by atoms with van der Waals surface area (Å²) in [6.07, 6.45) is 0. The molecule has 0 N–H and O–H groups in total. The van der Waals surface area contributed by atoms with E-state index in [-0.39, 0.29) is 16.3 Å². The van der Waals surface area contributed by atoms with Crippen molar-refractivity contribution in [3.8, 4) is 5.75 Å². The predicted octanol–water partition coefficient (Wildman–Crippen LogP) is 4.64. The van der Waals surface area contributed by atoms with Crippen molar-refractivity contribution in [2.75, 3.05) is 6.61 Å². The Morgan fingerprint density at radius 1 is 1.25 bits per heavy atom. The summed E-state index contributed by atoms with van der Waals surface area (Å²) in [5, 5.41) is 0.280. The fraction of sp³-hybridized carbons (Fsp3) is 0.0714.